The summed E-state index contributed by atoms with van der Waals surface area (Å²) < 4.78 is 9.81. The molecule has 0 radical (unpaired) electrons. The van der Waals surface area contributed by atoms with E-state index in [0.29, 0.717) is 30.0 Å². The van der Waals surface area contributed by atoms with Crippen molar-refractivity contribution in [1.29, 1.82) is 0 Å². The second kappa shape index (κ2) is 6.85. The van der Waals surface area contributed by atoms with Gasteiger partial charge in [0.2, 0.25) is 0 Å². The van der Waals surface area contributed by atoms with Crippen molar-refractivity contribution in [2.45, 2.75) is 52.2 Å². The first-order chi connectivity index (χ1) is 13.4. The molecule has 0 saturated heterocycles. The molecule has 1 fully saturated rings. The van der Waals surface area contributed by atoms with Crippen LogP contribution in [0.5, 0.6) is 0 Å². The van der Waals surface area contributed by atoms with E-state index in [-0.39, 0.29) is 23.5 Å². The van der Waals surface area contributed by atoms with Crippen molar-refractivity contribution >= 4 is 21.6 Å². The Kier molecular flexibility index (Phi) is 4.62. The smallest absolute Gasteiger partial charge is 0.343 e. The summed E-state index contributed by atoms with van der Waals surface area (Å²) in [7, 11) is 0. The largest absolute Gasteiger partial charge is 0.380 e. The molecule has 9 nitrogen and oxygen atoms in total. The van der Waals surface area contributed by atoms with Crippen molar-refractivity contribution in [3.05, 3.63) is 48.1 Å². The first-order valence-corrected chi connectivity index (χ1v) is 10.2. The van der Waals surface area contributed by atoms with Crippen LogP contribution < -0.4 is 16.9 Å². The van der Waals surface area contributed by atoms with Crippen LogP contribution in [0.2, 0.25) is 0 Å². The van der Waals surface area contributed by atoms with Crippen LogP contribution in [-0.4, -0.2) is 37.1 Å². The number of aromatic amines is 1. The fourth-order valence-electron chi connectivity index (χ4n) is 3.45. The average Bonchev–Trinajstić information content (AvgIpc) is 3.11. The van der Waals surface area contributed by atoms with Gasteiger partial charge in [0.25, 0.3) is 5.56 Å². The molecule has 150 valence electrons. The third-order valence-electron chi connectivity index (χ3n) is 5.40. The Morgan fingerprint density at radius 3 is 2.68 bits per heavy atom. The molecule has 1 aliphatic carbocycles. The quantitative estimate of drug-likeness (QED) is 0.591. The SMILES string of the molecule is CCOCCn1c(=O)n(C2(C)CC2)c(=O)c2c(C)c(Cn3nc[nH]c3=O)sc21. The number of hydrogen-bond donors (Lipinski definition) is 1. The maximum atomic E-state index is 13.3. The summed E-state index contributed by atoms with van der Waals surface area (Å²) in [4.78, 5) is 42.2. The van der Waals surface area contributed by atoms with Crippen LogP contribution >= 0.6 is 11.3 Å². The van der Waals surface area contributed by atoms with Gasteiger partial charge < -0.3 is 4.74 Å². The lowest BCUT2D eigenvalue weighted by atomic mass is 10.2. The number of thiophene rings is 1. The van der Waals surface area contributed by atoms with Crippen molar-refractivity contribution < 1.29 is 4.74 Å². The fourth-order valence-corrected chi connectivity index (χ4v) is 4.75. The summed E-state index contributed by atoms with van der Waals surface area (Å²) in [6, 6.07) is 0. The number of H-pyrrole nitrogens is 1. The van der Waals surface area contributed by atoms with Gasteiger partial charge in [-0.2, -0.15) is 5.10 Å². The van der Waals surface area contributed by atoms with Crippen LogP contribution in [0.25, 0.3) is 10.2 Å². The normalized spacial score (nSPS) is 15.4. The molecular formula is C18H23N5O4S. The van der Waals surface area contributed by atoms with Crippen molar-refractivity contribution in [2.24, 2.45) is 0 Å². The van der Waals surface area contributed by atoms with Gasteiger partial charge in [-0.3, -0.25) is 18.9 Å². The molecule has 10 heteroatoms. The number of aromatic nitrogens is 5. The van der Waals surface area contributed by atoms with E-state index in [0.717, 1.165) is 23.3 Å². The van der Waals surface area contributed by atoms with Crippen LogP contribution in [-0.2, 0) is 23.4 Å². The third-order valence-corrected chi connectivity index (χ3v) is 6.70. The summed E-state index contributed by atoms with van der Waals surface area (Å²) in [5.74, 6) is 0. The van der Waals surface area contributed by atoms with Gasteiger partial charge in [-0.25, -0.2) is 14.3 Å². The number of nitrogens with one attached hydrogen (secondary N) is 1. The summed E-state index contributed by atoms with van der Waals surface area (Å²) in [5.41, 5.74) is -0.468. The number of hydrogen-bond acceptors (Lipinski definition) is 6. The molecule has 1 N–H and O–H groups in total. The molecule has 28 heavy (non-hydrogen) atoms. The Morgan fingerprint density at radius 2 is 2.07 bits per heavy atom. The molecule has 0 unspecified atom stereocenters. The molecule has 3 aromatic heterocycles. The Bertz CT molecular complexity index is 1210. The second-order valence-corrected chi connectivity index (χ2v) is 8.43. The van der Waals surface area contributed by atoms with E-state index < -0.39 is 5.54 Å². The number of ether oxygens (including phenoxy) is 1. The van der Waals surface area contributed by atoms with E-state index in [1.165, 1.54) is 26.9 Å². The Balaban J connectivity index is 1.93. The highest BCUT2D eigenvalue weighted by atomic mass is 32.1. The van der Waals surface area contributed by atoms with Crippen LogP contribution in [0, 0.1) is 6.92 Å². The van der Waals surface area contributed by atoms with Crippen LogP contribution in [0.4, 0.5) is 0 Å². The highest BCUT2D eigenvalue weighted by molar-refractivity contribution is 7.18. The lowest BCUT2D eigenvalue weighted by Crippen LogP contribution is -2.45. The highest BCUT2D eigenvalue weighted by Crippen LogP contribution is 2.41. The van der Waals surface area contributed by atoms with E-state index >= 15 is 0 Å². The monoisotopic (exact) mass is 405 g/mol. The Hall–Kier alpha value is -2.46. The minimum absolute atomic E-state index is 0.248. The number of fused-ring (bicyclic) bond motifs is 1. The van der Waals surface area contributed by atoms with Gasteiger partial charge in [-0.05, 0) is 39.2 Å². The predicted octanol–water partition coefficient (Wildman–Crippen LogP) is 1.01. The Morgan fingerprint density at radius 1 is 1.32 bits per heavy atom. The molecular weight excluding hydrogens is 382 g/mol. The molecule has 4 rings (SSSR count). The zero-order valence-corrected chi connectivity index (χ0v) is 17.0. The third kappa shape index (κ3) is 2.96. The van der Waals surface area contributed by atoms with Crippen molar-refractivity contribution in [3.63, 3.8) is 0 Å². The summed E-state index contributed by atoms with van der Waals surface area (Å²) in [5, 5.41) is 4.54. The minimum Gasteiger partial charge on any atom is -0.380 e. The average molecular weight is 405 g/mol. The van der Waals surface area contributed by atoms with E-state index in [2.05, 4.69) is 10.1 Å². The van der Waals surface area contributed by atoms with Crippen molar-refractivity contribution in [3.8, 4) is 0 Å². The molecule has 0 aromatic carbocycles. The van der Waals surface area contributed by atoms with Gasteiger partial charge in [-0.15, -0.1) is 11.3 Å². The van der Waals surface area contributed by atoms with Gasteiger partial charge >= 0.3 is 11.4 Å². The number of rotatable bonds is 7. The topological polar surface area (TPSA) is 104 Å². The number of aryl methyl sites for hydroxylation is 1. The van der Waals surface area contributed by atoms with Crippen LogP contribution in [0.15, 0.2) is 20.7 Å². The lowest BCUT2D eigenvalue weighted by Gasteiger charge is -2.16. The van der Waals surface area contributed by atoms with Gasteiger partial charge in [0.05, 0.1) is 30.6 Å². The van der Waals surface area contributed by atoms with Gasteiger partial charge in [-0.1, -0.05) is 0 Å². The molecule has 1 saturated carbocycles. The molecule has 0 spiro atoms. The standard InChI is InChI=1S/C18H23N5O4S/c1-4-27-8-7-21-15-13(14(24)23(17(21)26)18(3)5-6-18)11(2)12(28-15)9-22-16(25)19-10-20-22/h10H,4-9H2,1-3H3,(H,19,20,25). The molecule has 3 heterocycles. The number of nitrogens with zero attached hydrogens (tertiary/aromatic N) is 4. The first-order valence-electron chi connectivity index (χ1n) is 9.34. The predicted molar refractivity (Wildman–Crippen MR) is 106 cm³/mol. The van der Waals surface area contributed by atoms with Crippen molar-refractivity contribution in [2.75, 3.05) is 13.2 Å². The summed E-state index contributed by atoms with van der Waals surface area (Å²) in [6.45, 7) is 7.30. The molecule has 1 aliphatic rings. The fraction of sp³-hybridized carbons (Fsp3) is 0.556. The maximum Gasteiger partial charge on any atom is 0.343 e. The van der Waals surface area contributed by atoms with Crippen molar-refractivity contribution in [1.82, 2.24) is 23.9 Å². The summed E-state index contributed by atoms with van der Waals surface area (Å²) in [6.07, 6.45) is 2.97. The minimum atomic E-state index is -0.413. The zero-order valence-electron chi connectivity index (χ0n) is 16.2. The van der Waals surface area contributed by atoms with Gasteiger partial charge in [0, 0.05) is 11.5 Å². The van der Waals surface area contributed by atoms with Crippen LogP contribution in [0.1, 0.15) is 37.1 Å². The molecule has 0 bridgehead atoms. The van der Waals surface area contributed by atoms with E-state index in [1.54, 1.807) is 4.57 Å². The molecule has 0 atom stereocenters. The zero-order chi connectivity index (χ0) is 20.1. The van der Waals surface area contributed by atoms with Gasteiger partial charge in [0.1, 0.15) is 11.2 Å². The maximum absolute atomic E-state index is 13.3. The summed E-state index contributed by atoms with van der Waals surface area (Å²) >= 11 is 1.36. The second-order valence-electron chi connectivity index (χ2n) is 7.35. The van der Waals surface area contributed by atoms with Crippen LogP contribution in [0.3, 0.4) is 0 Å². The molecule has 3 aromatic rings. The highest BCUT2D eigenvalue weighted by Gasteiger charge is 2.43. The molecule has 0 amide bonds. The van der Waals surface area contributed by atoms with E-state index in [4.69, 9.17) is 4.74 Å². The Labute approximate surface area is 164 Å². The van der Waals surface area contributed by atoms with E-state index in [1.807, 2.05) is 20.8 Å². The molecule has 0 aliphatic heterocycles. The first kappa shape index (κ1) is 18.9. The van der Waals surface area contributed by atoms with E-state index in [9.17, 15) is 14.4 Å². The lowest BCUT2D eigenvalue weighted by molar-refractivity contribution is 0.138. The van der Waals surface area contributed by atoms with Gasteiger partial charge in [0.15, 0.2) is 0 Å².